The summed E-state index contributed by atoms with van der Waals surface area (Å²) in [5.74, 6) is 2.03. The van der Waals surface area contributed by atoms with Gasteiger partial charge in [-0.1, -0.05) is 26.0 Å². The molecule has 1 atom stereocenters. The van der Waals surface area contributed by atoms with E-state index in [1.807, 2.05) is 12.1 Å². The number of phenols is 1. The molecule has 1 unspecified atom stereocenters. The van der Waals surface area contributed by atoms with Gasteiger partial charge in [0.2, 0.25) is 0 Å². The predicted octanol–water partition coefficient (Wildman–Crippen LogP) is 4.75. The van der Waals surface area contributed by atoms with Crippen molar-refractivity contribution in [2.75, 3.05) is 38.7 Å². The minimum absolute atomic E-state index is 0.0404. The molecule has 0 aliphatic heterocycles. The Bertz CT molecular complexity index is 991. The van der Waals surface area contributed by atoms with Gasteiger partial charge >= 0.3 is 0 Å². The highest BCUT2D eigenvalue weighted by atomic mass is 16.5. The minimum atomic E-state index is 0.0404. The van der Waals surface area contributed by atoms with Gasteiger partial charge in [-0.3, -0.25) is 4.98 Å². The average molecular weight is 437 g/mol. The smallest absolute Gasteiger partial charge is 0.161 e. The number of benzene rings is 2. The molecule has 3 aromatic rings. The maximum atomic E-state index is 9.81. The molecule has 7 heteroatoms. The first-order chi connectivity index (χ1) is 15.5. The maximum Gasteiger partial charge on any atom is 0.161 e. The van der Waals surface area contributed by atoms with E-state index in [1.165, 1.54) is 7.11 Å². The molecule has 0 bridgehead atoms. The number of nitrogens with zero attached hydrogens (tertiary/aromatic N) is 3. The van der Waals surface area contributed by atoms with Gasteiger partial charge in [0, 0.05) is 18.2 Å². The number of ether oxygens (including phenoxy) is 2. The number of hydrogen-bond donors (Lipinski definition) is 2. The number of anilines is 1. The molecule has 0 fully saturated rings. The highest BCUT2D eigenvalue weighted by molar-refractivity contribution is 5.64. The summed E-state index contributed by atoms with van der Waals surface area (Å²) in [6.45, 7) is 10.1. The molecule has 1 heterocycles. The Balaban J connectivity index is 1.62. The van der Waals surface area contributed by atoms with Crippen molar-refractivity contribution in [3.05, 3.63) is 60.4 Å². The van der Waals surface area contributed by atoms with E-state index < -0.39 is 0 Å². The van der Waals surface area contributed by atoms with Crippen LogP contribution in [0.15, 0.2) is 54.9 Å². The minimum Gasteiger partial charge on any atom is -0.504 e. The van der Waals surface area contributed by atoms with E-state index in [-0.39, 0.29) is 11.8 Å². The van der Waals surface area contributed by atoms with Crippen molar-refractivity contribution in [3.8, 4) is 28.5 Å². The Morgan fingerprint density at radius 3 is 2.50 bits per heavy atom. The number of nitrogens with one attached hydrogen (secondary N) is 1. The number of methoxy groups -OCH3 is 1. The molecule has 0 aliphatic rings. The quantitative estimate of drug-likeness (QED) is 0.449. The van der Waals surface area contributed by atoms with Crippen molar-refractivity contribution in [1.29, 1.82) is 0 Å². The molecule has 0 radical (unpaired) electrons. The number of hydrogen-bond acceptors (Lipinski definition) is 7. The lowest BCUT2D eigenvalue weighted by Gasteiger charge is -2.18. The first-order valence-electron chi connectivity index (χ1n) is 10.9. The van der Waals surface area contributed by atoms with Crippen molar-refractivity contribution < 1.29 is 14.6 Å². The summed E-state index contributed by atoms with van der Waals surface area (Å²) in [5.41, 5.74) is 2.63. The average Bonchev–Trinajstić information content (AvgIpc) is 2.82. The van der Waals surface area contributed by atoms with E-state index in [0.29, 0.717) is 23.9 Å². The van der Waals surface area contributed by atoms with Crippen LogP contribution in [0, 0.1) is 0 Å². The Labute approximate surface area is 190 Å². The van der Waals surface area contributed by atoms with Gasteiger partial charge in [-0.25, -0.2) is 4.98 Å². The molecule has 0 amide bonds. The number of aromatic hydroxyl groups is 1. The molecule has 3 rings (SSSR count). The first-order valence-corrected chi connectivity index (χ1v) is 10.9. The van der Waals surface area contributed by atoms with Gasteiger partial charge in [0.15, 0.2) is 11.5 Å². The number of phenolic OH excluding ortho intramolecular Hbond substituents is 1. The molecule has 0 saturated carbocycles. The van der Waals surface area contributed by atoms with Gasteiger partial charge in [-0.15, -0.1) is 0 Å². The van der Waals surface area contributed by atoms with Crippen LogP contribution in [0.1, 0.15) is 32.4 Å². The topological polar surface area (TPSA) is 79.7 Å². The van der Waals surface area contributed by atoms with Gasteiger partial charge in [0.1, 0.15) is 18.2 Å². The van der Waals surface area contributed by atoms with Gasteiger partial charge < -0.3 is 24.8 Å². The van der Waals surface area contributed by atoms with Crippen molar-refractivity contribution in [3.63, 3.8) is 0 Å². The van der Waals surface area contributed by atoms with E-state index in [2.05, 4.69) is 53.1 Å². The molecule has 0 aliphatic carbocycles. The second-order valence-corrected chi connectivity index (χ2v) is 7.49. The summed E-state index contributed by atoms with van der Waals surface area (Å²) in [7, 11) is 1.52. The number of aromatic nitrogens is 2. The fourth-order valence-electron chi connectivity index (χ4n) is 3.40. The molecule has 1 aromatic heterocycles. The fraction of sp³-hybridized carbons (Fsp3) is 0.360. The third-order valence-electron chi connectivity index (χ3n) is 5.43. The Morgan fingerprint density at radius 1 is 1.06 bits per heavy atom. The zero-order valence-electron chi connectivity index (χ0n) is 19.2. The zero-order chi connectivity index (χ0) is 22.9. The third kappa shape index (κ3) is 6.11. The van der Waals surface area contributed by atoms with Gasteiger partial charge in [0.05, 0.1) is 25.2 Å². The lowest BCUT2D eigenvalue weighted by molar-refractivity contribution is 0.223. The molecular formula is C25H32N4O3. The second kappa shape index (κ2) is 11.3. The largest absolute Gasteiger partial charge is 0.504 e. The van der Waals surface area contributed by atoms with E-state index in [1.54, 1.807) is 30.6 Å². The number of likely N-dealkylation sites (N-methyl/N-ethyl adjacent to an activating group) is 1. The SMILES string of the molecule is CCN(CC)CCOc1ccc(C(C)Nc2cncc(-c3ccc(O)c(OC)c3)n2)cc1. The Hall–Kier alpha value is -3.32. The maximum absolute atomic E-state index is 9.81. The van der Waals surface area contributed by atoms with Crippen LogP contribution in [-0.4, -0.2) is 53.3 Å². The summed E-state index contributed by atoms with van der Waals surface area (Å²) < 4.78 is 11.1. The van der Waals surface area contributed by atoms with Crippen LogP contribution in [0.25, 0.3) is 11.3 Å². The standard InChI is InChI=1S/C25H32N4O3/c1-5-29(6-2)13-14-32-21-10-7-19(8-11-21)18(3)27-25-17-26-16-22(28-25)20-9-12-23(30)24(15-20)31-4/h7-12,15-18,30H,5-6,13-14H2,1-4H3,(H,27,28). The zero-order valence-corrected chi connectivity index (χ0v) is 19.2. The van der Waals surface area contributed by atoms with Gasteiger partial charge in [0.25, 0.3) is 0 Å². The summed E-state index contributed by atoms with van der Waals surface area (Å²) in [4.78, 5) is 11.3. The van der Waals surface area contributed by atoms with E-state index >= 15 is 0 Å². The fourth-order valence-corrected chi connectivity index (χ4v) is 3.40. The second-order valence-electron chi connectivity index (χ2n) is 7.49. The van der Waals surface area contributed by atoms with Crippen molar-refractivity contribution in [2.45, 2.75) is 26.8 Å². The van der Waals surface area contributed by atoms with Crippen LogP contribution in [0.5, 0.6) is 17.2 Å². The summed E-state index contributed by atoms with van der Waals surface area (Å²) in [6, 6.07) is 13.3. The normalized spacial score (nSPS) is 11.9. The van der Waals surface area contributed by atoms with Crippen LogP contribution in [0.2, 0.25) is 0 Å². The van der Waals surface area contributed by atoms with Crippen molar-refractivity contribution in [1.82, 2.24) is 14.9 Å². The first kappa shape index (κ1) is 23.3. The van der Waals surface area contributed by atoms with Crippen LogP contribution in [-0.2, 0) is 0 Å². The molecule has 0 saturated heterocycles. The lowest BCUT2D eigenvalue weighted by Crippen LogP contribution is -2.27. The predicted molar refractivity (Wildman–Crippen MR) is 127 cm³/mol. The highest BCUT2D eigenvalue weighted by Gasteiger charge is 2.10. The van der Waals surface area contributed by atoms with Crippen LogP contribution in [0.4, 0.5) is 5.82 Å². The summed E-state index contributed by atoms with van der Waals surface area (Å²) in [5, 5.41) is 13.2. The molecule has 170 valence electrons. The van der Waals surface area contributed by atoms with Crippen LogP contribution >= 0.6 is 0 Å². The van der Waals surface area contributed by atoms with Gasteiger partial charge in [-0.2, -0.15) is 0 Å². The monoisotopic (exact) mass is 436 g/mol. The molecule has 2 N–H and O–H groups in total. The van der Waals surface area contributed by atoms with E-state index in [9.17, 15) is 5.11 Å². The molecule has 0 spiro atoms. The van der Waals surface area contributed by atoms with Gasteiger partial charge in [-0.05, 0) is 55.9 Å². The summed E-state index contributed by atoms with van der Waals surface area (Å²) in [6.07, 6.45) is 3.38. The van der Waals surface area contributed by atoms with Crippen molar-refractivity contribution >= 4 is 5.82 Å². The lowest BCUT2D eigenvalue weighted by atomic mass is 10.1. The van der Waals surface area contributed by atoms with E-state index in [4.69, 9.17) is 9.47 Å². The highest BCUT2D eigenvalue weighted by Crippen LogP contribution is 2.31. The van der Waals surface area contributed by atoms with Crippen LogP contribution < -0.4 is 14.8 Å². The Kier molecular flexibility index (Phi) is 8.27. The number of rotatable bonds is 11. The molecule has 7 nitrogen and oxygen atoms in total. The third-order valence-corrected chi connectivity index (χ3v) is 5.43. The van der Waals surface area contributed by atoms with E-state index in [0.717, 1.165) is 36.5 Å². The Morgan fingerprint density at radius 2 is 1.81 bits per heavy atom. The molecule has 2 aromatic carbocycles. The summed E-state index contributed by atoms with van der Waals surface area (Å²) >= 11 is 0. The molecule has 32 heavy (non-hydrogen) atoms. The van der Waals surface area contributed by atoms with Crippen LogP contribution in [0.3, 0.4) is 0 Å². The molecular weight excluding hydrogens is 404 g/mol. The van der Waals surface area contributed by atoms with Crippen molar-refractivity contribution in [2.24, 2.45) is 0 Å².